The van der Waals surface area contributed by atoms with Gasteiger partial charge in [-0.2, -0.15) is 0 Å². The van der Waals surface area contributed by atoms with Crippen LogP contribution in [-0.2, 0) is 13.0 Å². The zero-order valence-electron chi connectivity index (χ0n) is 7.45. The van der Waals surface area contributed by atoms with Crippen molar-refractivity contribution in [1.29, 1.82) is 0 Å². The number of imidazole rings is 1. The molecule has 2 rings (SSSR count). The predicted molar refractivity (Wildman–Crippen MR) is 47.8 cm³/mol. The van der Waals surface area contributed by atoms with Gasteiger partial charge in [0.2, 0.25) is 0 Å². The van der Waals surface area contributed by atoms with Crippen LogP contribution in [0.25, 0.3) is 0 Å². The quantitative estimate of drug-likeness (QED) is 0.666. The SMILES string of the molecule is Cc1cn2c(n1)C[C@@H](CN)CC2. The first-order valence-corrected chi connectivity index (χ1v) is 4.52. The van der Waals surface area contributed by atoms with Crippen molar-refractivity contribution in [3.05, 3.63) is 17.7 Å². The summed E-state index contributed by atoms with van der Waals surface area (Å²) in [7, 11) is 0. The highest BCUT2D eigenvalue weighted by molar-refractivity contribution is 5.05. The average Bonchev–Trinajstić information content (AvgIpc) is 2.43. The first kappa shape index (κ1) is 7.80. The van der Waals surface area contributed by atoms with E-state index in [9.17, 15) is 0 Å². The van der Waals surface area contributed by atoms with Crippen molar-refractivity contribution in [2.75, 3.05) is 6.54 Å². The molecular weight excluding hydrogens is 150 g/mol. The molecule has 1 aromatic rings. The highest BCUT2D eigenvalue weighted by Crippen LogP contribution is 2.18. The molecule has 0 aromatic carbocycles. The van der Waals surface area contributed by atoms with Gasteiger partial charge in [-0.05, 0) is 25.8 Å². The molecule has 0 aliphatic carbocycles. The van der Waals surface area contributed by atoms with E-state index in [1.165, 1.54) is 12.2 Å². The highest BCUT2D eigenvalue weighted by Gasteiger charge is 2.18. The van der Waals surface area contributed by atoms with E-state index in [0.717, 1.165) is 25.2 Å². The summed E-state index contributed by atoms with van der Waals surface area (Å²) in [6, 6.07) is 0. The monoisotopic (exact) mass is 165 g/mol. The van der Waals surface area contributed by atoms with Crippen molar-refractivity contribution in [2.45, 2.75) is 26.3 Å². The minimum atomic E-state index is 0.652. The molecule has 0 unspecified atom stereocenters. The summed E-state index contributed by atoms with van der Waals surface area (Å²) in [5.74, 6) is 1.87. The largest absolute Gasteiger partial charge is 0.335 e. The number of fused-ring (bicyclic) bond motifs is 1. The van der Waals surface area contributed by atoms with Gasteiger partial charge in [-0.25, -0.2) is 4.98 Å². The second kappa shape index (κ2) is 2.90. The number of aromatic nitrogens is 2. The highest BCUT2D eigenvalue weighted by atomic mass is 15.1. The van der Waals surface area contributed by atoms with E-state index >= 15 is 0 Å². The topological polar surface area (TPSA) is 43.8 Å². The smallest absolute Gasteiger partial charge is 0.109 e. The van der Waals surface area contributed by atoms with Crippen LogP contribution >= 0.6 is 0 Å². The molecule has 1 atom stereocenters. The maximum atomic E-state index is 5.63. The standard InChI is InChI=1S/C9H15N3/c1-7-6-12-3-2-8(5-10)4-9(12)11-7/h6,8H,2-5,10H2,1H3/t8-/m0/s1. The lowest BCUT2D eigenvalue weighted by atomic mass is 9.98. The number of hydrogen-bond acceptors (Lipinski definition) is 2. The summed E-state index contributed by atoms with van der Waals surface area (Å²) in [5, 5.41) is 0. The molecule has 2 heterocycles. The molecule has 0 amide bonds. The minimum absolute atomic E-state index is 0.652. The van der Waals surface area contributed by atoms with Gasteiger partial charge in [-0.15, -0.1) is 0 Å². The van der Waals surface area contributed by atoms with Crippen molar-refractivity contribution in [3.8, 4) is 0 Å². The van der Waals surface area contributed by atoms with Crippen LogP contribution < -0.4 is 5.73 Å². The Labute approximate surface area is 72.6 Å². The molecule has 0 radical (unpaired) electrons. The molecular formula is C9H15N3. The summed E-state index contributed by atoms with van der Waals surface area (Å²) in [4.78, 5) is 4.46. The van der Waals surface area contributed by atoms with Gasteiger partial charge in [-0.3, -0.25) is 0 Å². The van der Waals surface area contributed by atoms with Crippen LogP contribution in [0.1, 0.15) is 17.9 Å². The Morgan fingerprint density at radius 2 is 2.58 bits per heavy atom. The van der Waals surface area contributed by atoms with E-state index < -0.39 is 0 Å². The van der Waals surface area contributed by atoms with Crippen molar-refractivity contribution in [1.82, 2.24) is 9.55 Å². The Morgan fingerprint density at radius 1 is 1.75 bits per heavy atom. The van der Waals surface area contributed by atoms with Gasteiger partial charge in [0.05, 0.1) is 5.69 Å². The predicted octanol–water partition coefficient (Wildman–Crippen LogP) is 0.713. The molecule has 0 fully saturated rings. The van der Waals surface area contributed by atoms with E-state index in [1.54, 1.807) is 0 Å². The van der Waals surface area contributed by atoms with Crippen LogP contribution in [0.3, 0.4) is 0 Å². The Balaban J connectivity index is 2.22. The lowest BCUT2D eigenvalue weighted by molar-refractivity contribution is 0.389. The molecule has 3 heteroatoms. The van der Waals surface area contributed by atoms with Crippen LogP contribution in [0.15, 0.2) is 6.20 Å². The summed E-state index contributed by atoms with van der Waals surface area (Å²) >= 11 is 0. The third kappa shape index (κ3) is 1.25. The zero-order valence-corrected chi connectivity index (χ0v) is 7.45. The third-order valence-corrected chi connectivity index (χ3v) is 2.56. The molecule has 12 heavy (non-hydrogen) atoms. The van der Waals surface area contributed by atoms with Gasteiger partial charge in [-0.1, -0.05) is 0 Å². The van der Waals surface area contributed by atoms with Crippen LogP contribution in [0.2, 0.25) is 0 Å². The van der Waals surface area contributed by atoms with Gasteiger partial charge < -0.3 is 10.3 Å². The fraction of sp³-hybridized carbons (Fsp3) is 0.667. The lowest BCUT2D eigenvalue weighted by Crippen LogP contribution is -2.25. The molecule has 0 saturated carbocycles. The maximum Gasteiger partial charge on any atom is 0.109 e. The van der Waals surface area contributed by atoms with Crippen LogP contribution in [0.5, 0.6) is 0 Å². The van der Waals surface area contributed by atoms with Gasteiger partial charge in [0, 0.05) is 19.2 Å². The number of hydrogen-bond donors (Lipinski definition) is 1. The number of nitrogens with two attached hydrogens (primary N) is 1. The molecule has 1 aliphatic rings. The molecule has 2 N–H and O–H groups in total. The van der Waals surface area contributed by atoms with Gasteiger partial charge in [0.25, 0.3) is 0 Å². The second-order valence-corrected chi connectivity index (χ2v) is 3.59. The maximum absolute atomic E-state index is 5.63. The summed E-state index contributed by atoms with van der Waals surface area (Å²) < 4.78 is 2.25. The van der Waals surface area contributed by atoms with Crippen LogP contribution in [0, 0.1) is 12.8 Å². The van der Waals surface area contributed by atoms with E-state index in [2.05, 4.69) is 15.7 Å². The average molecular weight is 165 g/mol. The van der Waals surface area contributed by atoms with Gasteiger partial charge in [0.15, 0.2) is 0 Å². The van der Waals surface area contributed by atoms with Crippen molar-refractivity contribution in [3.63, 3.8) is 0 Å². The summed E-state index contributed by atoms with van der Waals surface area (Å²) in [6.07, 6.45) is 4.39. The van der Waals surface area contributed by atoms with Crippen molar-refractivity contribution < 1.29 is 0 Å². The van der Waals surface area contributed by atoms with E-state index in [0.29, 0.717) is 5.92 Å². The Bertz CT molecular complexity index is 277. The molecule has 3 nitrogen and oxygen atoms in total. The Kier molecular flexibility index (Phi) is 1.89. The fourth-order valence-electron chi connectivity index (χ4n) is 1.84. The molecule has 1 aromatic heterocycles. The van der Waals surface area contributed by atoms with Crippen molar-refractivity contribution in [2.24, 2.45) is 11.7 Å². The first-order chi connectivity index (χ1) is 5.79. The van der Waals surface area contributed by atoms with Crippen LogP contribution in [-0.4, -0.2) is 16.1 Å². The van der Waals surface area contributed by atoms with Gasteiger partial charge in [0.1, 0.15) is 5.82 Å². The zero-order chi connectivity index (χ0) is 8.55. The van der Waals surface area contributed by atoms with Crippen molar-refractivity contribution >= 4 is 0 Å². The molecule has 66 valence electrons. The lowest BCUT2D eigenvalue weighted by Gasteiger charge is -2.21. The third-order valence-electron chi connectivity index (χ3n) is 2.56. The number of nitrogens with zero attached hydrogens (tertiary/aromatic N) is 2. The number of aryl methyl sites for hydroxylation is 2. The fourth-order valence-corrected chi connectivity index (χ4v) is 1.84. The normalized spacial score (nSPS) is 22.3. The Morgan fingerprint density at radius 3 is 3.33 bits per heavy atom. The Hall–Kier alpha value is -0.830. The molecule has 0 saturated heterocycles. The minimum Gasteiger partial charge on any atom is -0.335 e. The van der Waals surface area contributed by atoms with Gasteiger partial charge >= 0.3 is 0 Å². The van der Waals surface area contributed by atoms with E-state index in [4.69, 9.17) is 5.73 Å². The number of rotatable bonds is 1. The van der Waals surface area contributed by atoms with E-state index in [1.807, 2.05) is 6.92 Å². The molecule has 0 bridgehead atoms. The van der Waals surface area contributed by atoms with Crippen LogP contribution in [0.4, 0.5) is 0 Å². The summed E-state index contributed by atoms with van der Waals surface area (Å²) in [5.41, 5.74) is 6.76. The second-order valence-electron chi connectivity index (χ2n) is 3.59. The molecule has 0 spiro atoms. The summed E-state index contributed by atoms with van der Waals surface area (Å²) in [6.45, 7) is 3.94. The first-order valence-electron chi connectivity index (χ1n) is 4.52. The van der Waals surface area contributed by atoms with E-state index in [-0.39, 0.29) is 0 Å². The molecule has 1 aliphatic heterocycles.